The fourth-order valence-corrected chi connectivity index (χ4v) is 9.67. The van der Waals surface area contributed by atoms with Gasteiger partial charge in [0.2, 0.25) is 0 Å². The lowest BCUT2D eigenvalue weighted by molar-refractivity contribution is 0.315. The molecule has 0 fully saturated rings. The molecule has 0 aliphatic heterocycles. The number of nitrogens with zero attached hydrogens (tertiary/aromatic N) is 4. The molecule has 2 aliphatic carbocycles. The second-order valence-corrected chi connectivity index (χ2v) is 16.8. The lowest BCUT2D eigenvalue weighted by Crippen LogP contribution is -2.14. The maximum Gasteiger partial charge on any atom is 0.146 e. The Bertz CT molecular complexity index is 2920. The lowest BCUT2D eigenvalue weighted by atomic mass is 9.81. The van der Waals surface area contributed by atoms with Crippen molar-refractivity contribution in [3.63, 3.8) is 0 Å². The summed E-state index contributed by atoms with van der Waals surface area (Å²) in [6.45, 7) is 13.3. The minimum atomic E-state index is -0.0604. The zero-order valence-corrected chi connectivity index (χ0v) is 32.9. The van der Waals surface area contributed by atoms with Crippen LogP contribution in [-0.2, 0) is 10.8 Å². The summed E-state index contributed by atoms with van der Waals surface area (Å²) < 4.78 is 5.53. The number of aryl methyl sites for hydroxylation is 2. The molecule has 0 radical (unpaired) electrons. The van der Waals surface area contributed by atoms with Crippen LogP contribution < -0.4 is 0 Å². The van der Waals surface area contributed by atoms with Crippen LogP contribution in [0.4, 0.5) is 0 Å². The fourth-order valence-electron chi connectivity index (χ4n) is 9.67. The molecule has 0 atom stereocenters. The molecule has 274 valence electrons. The Labute approximate surface area is 332 Å². The van der Waals surface area contributed by atoms with Gasteiger partial charge in [0.25, 0.3) is 0 Å². The number of hydrogen-bond donors (Lipinski definition) is 0. The van der Waals surface area contributed by atoms with Gasteiger partial charge in [-0.1, -0.05) is 149 Å². The zero-order valence-electron chi connectivity index (χ0n) is 32.9. The molecule has 2 heterocycles. The first-order valence-electron chi connectivity index (χ1n) is 19.7. The third kappa shape index (κ3) is 4.81. The Morgan fingerprint density at radius 1 is 0.368 bits per heavy atom. The molecule has 0 bridgehead atoms. The molecule has 0 saturated heterocycles. The molecule has 0 saturated carbocycles. The summed E-state index contributed by atoms with van der Waals surface area (Å²) in [6, 6.07) is 48.7. The van der Waals surface area contributed by atoms with Crippen LogP contribution in [0.2, 0.25) is 0 Å². The van der Waals surface area contributed by atoms with Crippen LogP contribution in [-0.4, -0.2) is 20.3 Å². The molecule has 7 aromatic carbocycles. The molecular formula is C52H40N4O. The van der Waals surface area contributed by atoms with Gasteiger partial charge in [0, 0.05) is 22.0 Å². The van der Waals surface area contributed by atoms with Gasteiger partial charge in [-0.25, -0.2) is 14.6 Å². The van der Waals surface area contributed by atoms with E-state index in [1.54, 1.807) is 0 Å². The molecule has 0 N–H and O–H groups in total. The van der Waals surface area contributed by atoms with E-state index in [4.69, 9.17) is 14.6 Å². The predicted octanol–water partition coefficient (Wildman–Crippen LogP) is 13.1. The minimum Gasteiger partial charge on any atom is -0.249 e. The van der Waals surface area contributed by atoms with E-state index in [0.717, 1.165) is 55.8 Å². The van der Waals surface area contributed by atoms with Gasteiger partial charge in [-0.15, -0.1) is 0 Å². The molecule has 0 amide bonds. The van der Waals surface area contributed by atoms with Gasteiger partial charge in [-0.3, -0.25) is 0 Å². The van der Waals surface area contributed by atoms with E-state index < -0.39 is 0 Å². The first kappa shape index (κ1) is 33.6. The van der Waals surface area contributed by atoms with Gasteiger partial charge in [-0.05, 0) is 114 Å². The van der Waals surface area contributed by atoms with Crippen LogP contribution in [0.3, 0.4) is 0 Å². The number of benzene rings is 7. The molecule has 9 aromatic rings. The third-order valence-electron chi connectivity index (χ3n) is 12.9. The quantitative estimate of drug-likeness (QED) is 0.180. The maximum absolute atomic E-state index is 5.53. The van der Waals surface area contributed by atoms with Crippen molar-refractivity contribution < 1.29 is 4.63 Å². The third-order valence-corrected chi connectivity index (χ3v) is 12.9. The second-order valence-electron chi connectivity index (χ2n) is 16.8. The van der Waals surface area contributed by atoms with Gasteiger partial charge in [0.05, 0.1) is 22.4 Å². The van der Waals surface area contributed by atoms with Crippen molar-refractivity contribution in [2.45, 2.75) is 52.4 Å². The topological polar surface area (TPSA) is 64.7 Å². The molecule has 57 heavy (non-hydrogen) atoms. The van der Waals surface area contributed by atoms with E-state index >= 15 is 0 Å². The van der Waals surface area contributed by atoms with E-state index in [1.807, 2.05) is 13.8 Å². The molecule has 0 spiro atoms. The van der Waals surface area contributed by atoms with E-state index in [-0.39, 0.29) is 10.8 Å². The lowest BCUT2D eigenvalue weighted by Gasteiger charge is -2.22. The van der Waals surface area contributed by atoms with Crippen LogP contribution in [0, 0.1) is 13.8 Å². The van der Waals surface area contributed by atoms with Crippen LogP contribution in [0.5, 0.6) is 0 Å². The van der Waals surface area contributed by atoms with E-state index in [9.17, 15) is 0 Å². The summed E-state index contributed by atoms with van der Waals surface area (Å²) in [5, 5.41) is 9.03. The average Bonchev–Trinajstić information content (AvgIpc) is 3.87. The van der Waals surface area contributed by atoms with E-state index in [2.05, 4.69) is 171 Å². The molecular weight excluding hydrogens is 697 g/mol. The Morgan fingerprint density at radius 2 is 0.719 bits per heavy atom. The molecule has 0 unspecified atom stereocenters. The summed E-state index contributed by atoms with van der Waals surface area (Å²) in [4.78, 5) is 10.4. The Morgan fingerprint density at radius 3 is 1.14 bits per heavy atom. The van der Waals surface area contributed by atoms with Crippen LogP contribution in [0.1, 0.15) is 61.3 Å². The van der Waals surface area contributed by atoms with Crippen LogP contribution >= 0.6 is 0 Å². The molecule has 2 aromatic heterocycles. The van der Waals surface area contributed by atoms with Crippen molar-refractivity contribution in [2.24, 2.45) is 0 Å². The van der Waals surface area contributed by atoms with E-state index in [1.165, 1.54) is 55.6 Å². The van der Waals surface area contributed by atoms with Crippen molar-refractivity contribution in [1.29, 1.82) is 0 Å². The smallest absolute Gasteiger partial charge is 0.146 e. The van der Waals surface area contributed by atoms with E-state index in [0.29, 0.717) is 11.0 Å². The maximum atomic E-state index is 5.53. The monoisotopic (exact) mass is 736 g/mol. The van der Waals surface area contributed by atoms with Crippen molar-refractivity contribution in [3.8, 4) is 66.8 Å². The number of aromatic nitrogens is 4. The van der Waals surface area contributed by atoms with Gasteiger partial charge in [-0.2, -0.15) is 0 Å². The Balaban J connectivity index is 0.990. The standard InChI is InChI=1S/C52H40N4O/c1-29-30(2)54-48-46(34-21-17-32(18-22-34)36-24-26-40-38-12-8-10-14-42(38)52(5,6)44(40)28-36)50-49(55-57-56-50)45(47(48)53-29)33-19-15-31(16-20-33)35-23-25-39-37-11-7-9-13-41(37)51(3,4)43(39)27-35/h7-28H,1-6H3. The average molecular weight is 737 g/mol. The molecule has 5 heteroatoms. The first-order valence-corrected chi connectivity index (χ1v) is 19.7. The highest BCUT2D eigenvalue weighted by molar-refractivity contribution is 6.16. The number of fused-ring (bicyclic) bond motifs is 8. The van der Waals surface area contributed by atoms with Gasteiger partial charge < -0.3 is 0 Å². The Hall–Kier alpha value is -6.72. The highest BCUT2D eigenvalue weighted by atomic mass is 16.6. The van der Waals surface area contributed by atoms with Gasteiger partial charge >= 0.3 is 0 Å². The summed E-state index contributed by atoms with van der Waals surface area (Å²) in [5.41, 5.74) is 23.7. The largest absolute Gasteiger partial charge is 0.249 e. The highest BCUT2D eigenvalue weighted by Gasteiger charge is 2.36. The zero-order chi connectivity index (χ0) is 38.8. The summed E-state index contributed by atoms with van der Waals surface area (Å²) in [6.07, 6.45) is 0. The normalized spacial score (nSPS) is 14.4. The predicted molar refractivity (Wildman–Crippen MR) is 231 cm³/mol. The molecule has 11 rings (SSSR count). The molecule has 5 nitrogen and oxygen atoms in total. The SMILES string of the molecule is Cc1nc2c(-c3ccc(-c4ccc5c(c4)C(C)(C)c4ccccc4-5)cc3)c3nonc3c(-c3ccc(-c4ccc5c(c4)C(C)(C)c4ccccc4-5)cc3)c2nc1C. The van der Waals surface area contributed by atoms with Gasteiger partial charge in [0.15, 0.2) is 0 Å². The van der Waals surface area contributed by atoms with Crippen LogP contribution in [0.25, 0.3) is 88.8 Å². The van der Waals surface area contributed by atoms with Crippen molar-refractivity contribution in [1.82, 2.24) is 20.3 Å². The van der Waals surface area contributed by atoms with Gasteiger partial charge in [0.1, 0.15) is 11.0 Å². The number of rotatable bonds is 4. The summed E-state index contributed by atoms with van der Waals surface area (Å²) >= 11 is 0. The highest BCUT2D eigenvalue weighted by Crippen LogP contribution is 2.51. The fraction of sp³-hybridized carbons (Fsp3) is 0.154. The van der Waals surface area contributed by atoms with Crippen molar-refractivity contribution in [2.75, 3.05) is 0 Å². The molecule has 2 aliphatic rings. The summed E-state index contributed by atoms with van der Waals surface area (Å²) in [5.74, 6) is 0. The second kappa shape index (κ2) is 11.9. The van der Waals surface area contributed by atoms with Crippen molar-refractivity contribution in [3.05, 3.63) is 167 Å². The van der Waals surface area contributed by atoms with Crippen LogP contribution in [0.15, 0.2) is 138 Å². The summed E-state index contributed by atoms with van der Waals surface area (Å²) in [7, 11) is 0. The Kier molecular flexibility index (Phi) is 7.01. The first-order chi connectivity index (χ1) is 27.6. The minimum absolute atomic E-state index is 0.0604. The number of hydrogen-bond acceptors (Lipinski definition) is 5. The van der Waals surface area contributed by atoms with Crippen molar-refractivity contribution >= 4 is 22.1 Å².